The topological polar surface area (TPSA) is 101 Å². The molecule has 1 atom stereocenters. The number of nitrogen functional groups attached to an aromatic ring is 1. The quantitative estimate of drug-likeness (QED) is 0.719. The van der Waals surface area contributed by atoms with Gasteiger partial charge in [0.15, 0.2) is 5.03 Å². The number of nitrogens with two attached hydrogens (primary N) is 1. The number of sulfonamides is 1. The van der Waals surface area contributed by atoms with Crippen LogP contribution in [0.15, 0.2) is 41.8 Å². The van der Waals surface area contributed by atoms with Crippen molar-refractivity contribution in [1.82, 2.24) is 14.7 Å². The second-order valence-corrected chi connectivity index (χ2v) is 5.61. The van der Waals surface area contributed by atoms with E-state index in [2.05, 4.69) is 14.7 Å². The summed E-state index contributed by atoms with van der Waals surface area (Å²) in [7, 11) is -3.59. The van der Waals surface area contributed by atoms with Crippen molar-refractivity contribution < 1.29 is 8.42 Å². The summed E-state index contributed by atoms with van der Waals surface area (Å²) < 4.78 is 26.4. The molecule has 6 nitrogen and oxygen atoms in total. The number of rotatable bonds is 4. The maximum atomic E-state index is 11.9. The van der Waals surface area contributed by atoms with Crippen LogP contribution in [-0.4, -0.2) is 18.4 Å². The van der Waals surface area contributed by atoms with E-state index in [9.17, 15) is 8.42 Å². The van der Waals surface area contributed by atoms with Crippen LogP contribution in [0, 0.1) is 0 Å². The largest absolute Gasteiger partial charge is 0.399 e. The van der Waals surface area contributed by atoms with Gasteiger partial charge in [-0.05, 0) is 24.6 Å². The molecule has 2 rings (SSSR count). The molecule has 0 spiro atoms. The van der Waals surface area contributed by atoms with Crippen molar-refractivity contribution in [2.75, 3.05) is 5.73 Å². The minimum atomic E-state index is -3.59. The molecule has 0 saturated heterocycles. The number of benzene rings is 1. The number of nitrogens with one attached hydrogen (secondary N) is 2. The van der Waals surface area contributed by atoms with Crippen molar-refractivity contribution in [2.45, 2.75) is 18.0 Å². The summed E-state index contributed by atoms with van der Waals surface area (Å²) in [6.45, 7) is 1.75. The van der Waals surface area contributed by atoms with Crippen molar-refractivity contribution in [3.05, 3.63) is 42.4 Å². The molecule has 0 aliphatic carbocycles. The normalized spacial score (nSPS) is 13.4. The fourth-order valence-electron chi connectivity index (χ4n) is 1.58. The molecule has 1 unspecified atom stereocenters. The Kier molecular flexibility index (Phi) is 3.35. The molecule has 1 heterocycles. The third-order valence-corrected chi connectivity index (χ3v) is 3.97. The standard InChI is InChI=1S/C11H14N4O2S/c1-8(9-3-2-4-10(12)5-9)15-18(16,17)11-6-13-7-14-11/h2-8,15H,12H2,1H3,(H,13,14). The highest BCUT2D eigenvalue weighted by Crippen LogP contribution is 2.17. The average molecular weight is 266 g/mol. The summed E-state index contributed by atoms with van der Waals surface area (Å²) in [5, 5.41) is 0.0400. The number of hydrogen-bond acceptors (Lipinski definition) is 4. The Hall–Kier alpha value is -1.86. The molecule has 0 aliphatic heterocycles. The van der Waals surface area contributed by atoms with E-state index in [1.54, 1.807) is 25.1 Å². The van der Waals surface area contributed by atoms with Gasteiger partial charge in [0.1, 0.15) is 0 Å². The molecule has 0 radical (unpaired) electrons. The fourth-order valence-corrected chi connectivity index (χ4v) is 2.72. The first-order valence-electron chi connectivity index (χ1n) is 5.35. The number of aromatic amines is 1. The van der Waals surface area contributed by atoms with Crippen molar-refractivity contribution in [3.8, 4) is 0 Å². The number of anilines is 1. The highest BCUT2D eigenvalue weighted by atomic mass is 32.2. The molecule has 0 amide bonds. The summed E-state index contributed by atoms with van der Waals surface area (Å²) in [5.74, 6) is 0. The highest BCUT2D eigenvalue weighted by molar-refractivity contribution is 7.89. The monoisotopic (exact) mass is 266 g/mol. The first-order valence-corrected chi connectivity index (χ1v) is 6.83. The number of aromatic nitrogens is 2. The molecule has 7 heteroatoms. The third kappa shape index (κ3) is 2.69. The van der Waals surface area contributed by atoms with E-state index in [0.29, 0.717) is 5.69 Å². The van der Waals surface area contributed by atoms with Gasteiger partial charge in [-0.15, -0.1) is 0 Å². The van der Waals surface area contributed by atoms with Gasteiger partial charge in [-0.3, -0.25) is 0 Å². The number of imidazole rings is 1. The lowest BCUT2D eigenvalue weighted by Crippen LogP contribution is -2.27. The van der Waals surface area contributed by atoms with Gasteiger partial charge in [-0.1, -0.05) is 12.1 Å². The maximum Gasteiger partial charge on any atom is 0.258 e. The zero-order valence-electron chi connectivity index (χ0n) is 9.79. The minimum Gasteiger partial charge on any atom is -0.399 e. The predicted octanol–water partition coefficient (Wildman–Crippen LogP) is 1.03. The van der Waals surface area contributed by atoms with Crippen molar-refractivity contribution in [2.24, 2.45) is 0 Å². The van der Waals surface area contributed by atoms with Gasteiger partial charge in [-0.25, -0.2) is 18.1 Å². The van der Waals surface area contributed by atoms with Gasteiger partial charge in [0.25, 0.3) is 10.0 Å². The van der Waals surface area contributed by atoms with Crippen LogP contribution < -0.4 is 10.5 Å². The third-order valence-electron chi connectivity index (χ3n) is 2.51. The second-order valence-electron chi connectivity index (χ2n) is 3.93. The molecule has 0 aliphatic rings. The Morgan fingerprint density at radius 2 is 2.22 bits per heavy atom. The molecule has 0 bridgehead atoms. The predicted molar refractivity (Wildman–Crippen MR) is 68.2 cm³/mol. The van der Waals surface area contributed by atoms with Crippen LogP contribution in [-0.2, 0) is 10.0 Å². The van der Waals surface area contributed by atoms with E-state index in [0.717, 1.165) is 5.56 Å². The van der Waals surface area contributed by atoms with Crippen LogP contribution in [0.4, 0.5) is 5.69 Å². The summed E-state index contributed by atoms with van der Waals surface area (Å²) in [4.78, 5) is 6.25. The summed E-state index contributed by atoms with van der Waals surface area (Å²) in [6.07, 6.45) is 2.58. The van der Waals surface area contributed by atoms with Gasteiger partial charge in [0.05, 0.1) is 12.5 Å². The van der Waals surface area contributed by atoms with Crippen LogP contribution in [0.1, 0.15) is 18.5 Å². The Morgan fingerprint density at radius 1 is 1.44 bits per heavy atom. The number of nitrogens with zero attached hydrogens (tertiary/aromatic N) is 1. The molecule has 4 N–H and O–H groups in total. The van der Waals surface area contributed by atoms with Crippen molar-refractivity contribution >= 4 is 15.7 Å². The smallest absolute Gasteiger partial charge is 0.258 e. The van der Waals surface area contributed by atoms with Crippen LogP contribution in [0.3, 0.4) is 0 Å². The fraction of sp³-hybridized carbons (Fsp3) is 0.182. The molecule has 1 aromatic carbocycles. The van der Waals surface area contributed by atoms with Crippen LogP contribution in [0.2, 0.25) is 0 Å². The van der Waals surface area contributed by atoms with E-state index in [-0.39, 0.29) is 11.1 Å². The number of H-pyrrole nitrogens is 1. The van der Waals surface area contributed by atoms with Gasteiger partial charge >= 0.3 is 0 Å². The summed E-state index contributed by atoms with van der Waals surface area (Å²) in [6, 6.07) is 6.71. The Balaban J connectivity index is 2.20. The molecule has 18 heavy (non-hydrogen) atoms. The molecule has 96 valence electrons. The van der Waals surface area contributed by atoms with Gasteiger partial charge in [-0.2, -0.15) is 0 Å². The van der Waals surface area contributed by atoms with Crippen molar-refractivity contribution in [3.63, 3.8) is 0 Å². The zero-order chi connectivity index (χ0) is 13.2. The van der Waals surface area contributed by atoms with Gasteiger partial charge in [0.2, 0.25) is 0 Å². The SMILES string of the molecule is CC(NS(=O)(=O)c1cnc[nH]1)c1cccc(N)c1. The molecular formula is C11H14N4O2S. The maximum absolute atomic E-state index is 11.9. The van der Waals surface area contributed by atoms with E-state index < -0.39 is 10.0 Å². The van der Waals surface area contributed by atoms with Crippen molar-refractivity contribution in [1.29, 1.82) is 0 Å². The van der Waals surface area contributed by atoms with E-state index >= 15 is 0 Å². The molecular weight excluding hydrogens is 252 g/mol. The van der Waals surface area contributed by atoms with E-state index in [4.69, 9.17) is 5.73 Å². The molecule has 0 fully saturated rings. The average Bonchev–Trinajstić information content (AvgIpc) is 2.82. The second kappa shape index (κ2) is 4.79. The first-order chi connectivity index (χ1) is 8.49. The summed E-state index contributed by atoms with van der Waals surface area (Å²) >= 11 is 0. The van der Waals surface area contributed by atoms with Crippen LogP contribution >= 0.6 is 0 Å². The Labute approximate surface area is 105 Å². The van der Waals surface area contributed by atoms with Gasteiger partial charge < -0.3 is 10.7 Å². The summed E-state index contributed by atoms with van der Waals surface area (Å²) in [5.41, 5.74) is 7.06. The van der Waals surface area contributed by atoms with Crippen LogP contribution in [0.25, 0.3) is 0 Å². The lowest BCUT2D eigenvalue weighted by Gasteiger charge is -2.14. The lowest BCUT2D eigenvalue weighted by molar-refractivity contribution is 0.564. The van der Waals surface area contributed by atoms with Crippen LogP contribution in [0.5, 0.6) is 0 Å². The Morgan fingerprint density at radius 3 is 2.83 bits per heavy atom. The lowest BCUT2D eigenvalue weighted by atomic mass is 10.1. The Bertz CT molecular complexity index is 622. The first kappa shape index (κ1) is 12.6. The van der Waals surface area contributed by atoms with E-state index in [1.807, 2.05) is 6.07 Å². The molecule has 0 saturated carbocycles. The molecule has 1 aromatic heterocycles. The zero-order valence-corrected chi connectivity index (χ0v) is 10.6. The van der Waals surface area contributed by atoms with E-state index in [1.165, 1.54) is 12.5 Å². The minimum absolute atomic E-state index is 0.0400. The van der Waals surface area contributed by atoms with Gasteiger partial charge in [0, 0.05) is 11.7 Å². The number of hydrogen-bond donors (Lipinski definition) is 3. The molecule has 2 aromatic rings. The highest BCUT2D eigenvalue weighted by Gasteiger charge is 2.19.